The summed E-state index contributed by atoms with van der Waals surface area (Å²) in [5.74, 6) is 0.457. The van der Waals surface area contributed by atoms with Crippen molar-refractivity contribution in [3.05, 3.63) is 45.6 Å². The number of hydrogen-bond donors (Lipinski definition) is 1. The van der Waals surface area contributed by atoms with Gasteiger partial charge in [0.1, 0.15) is 5.00 Å². The first-order valence-corrected chi connectivity index (χ1v) is 9.14. The van der Waals surface area contributed by atoms with Crippen molar-refractivity contribution in [1.29, 1.82) is 0 Å². The number of rotatable bonds is 2. The highest BCUT2D eigenvalue weighted by molar-refractivity contribution is 7.15. The molecular formula is C18H21N3OS. The predicted molar refractivity (Wildman–Crippen MR) is 92.8 cm³/mol. The molecule has 0 bridgehead atoms. The van der Waals surface area contributed by atoms with Crippen molar-refractivity contribution in [2.24, 2.45) is 0 Å². The minimum atomic E-state index is -0.0138. The maximum absolute atomic E-state index is 12.9. The summed E-state index contributed by atoms with van der Waals surface area (Å²) in [4.78, 5) is 19.3. The zero-order chi connectivity index (χ0) is 16.0. The Morgan fingerprint density at radius 2 is 2.26 bits per heavy atom. The third-order valence-corrected chi connectivity index (χ3v) is 6.01. The molecule has 1 unspecified atom stereocenters. The number of thiazole rings is 1. The lowest BCUT2D eigenvalue weighted by Crippen LogP contribution is -2.40. The normalized spacial score (nSPS) is 19.5. The average molecular weight is 327 g/mol. The second-order valence-electron chi connectivity index (χ2n) is 6.44. The van der Waals surface area contributed by atoms with Crippen LogP contribution >= 0.6 is 11.3 Å². The first-order chi connectivity index (χ1) is 11.2. The maximum atomic E-state index is 12.9. The molecule has 2 aliphatic rings. The van der Waals surface area contributed by atoms with E-state index in [1.807, 2.05) is 11.8 Å². The van der Waals surface area contributed by atoms with Crippen LogP contribution in [0.5, 0.6) is 0 Å². The number of nitrogen functional groups attached to an aromatic ring is 1. The van der Waals surface area contributed by atoms with Crippen LogP contribution in [0.1, 0.15) is 57.9 Å². The summed E-state index contributed by atoms with van der Waals surface area (Å²) in [6.07, 6.45) is 4.37. The Morgan fingerprint density at radius 3 is 3.04 bits per heavy atom. The van der Waals surface area contributed by atoms with E-state index in [1.54, 1.807) is 0 Å². The van der Waals surface area contributed by atoms with Crippen LogP contribution in [0.3, 0.4) is 0 Å². The molecule has 0 spiro atoms. The summed E-state index contributed by atoms with van der Waals surface area (Å²) in [5, 5.41) is 1.48. The number of benzene rings is 1. The van der Waals surface area contributed by atoms with Crippen LogP contribution in [0.25, 0.3) is 0 Å². The van der Waals surface area contributed by atoms with Crippen molar-refractivity contribution < 1.29 is 4.79 Å². The van der Waals surface area contributed by atoms with Crippen LogP contribution in [0.4, 0.5) is 5.00 Å². The number of aromatic nitrogens is 1. The number of hydrogen-bond acceptors (Lipinski definition) is 4. The quantitative estimate of drug-likeness (QED) is 0.920. The highest BCUT2D eigenvalue weighted by Gasteiger charge is 2.33. The van der Waals surface area contributed by atoms with Gasteiger partial charge in [-0.2, -0.15) is 0 Å². The molecule has 4 rings (SSSR count). The van der Waals surface area contributed by atoms with Gasteiger partial charge in [0.15, 0.2) is 5.69 Å². The molecule has 0 saturated heterocycles. The Labute approximate surface area is 140 Å². The molecule has 120 valence electrons. The summed E-state index contributed by atoms with van der Waals surface area (Å²) in [5.41, 5.74) is 10.8. The Morgan fingerprint density at radius 1 is 1.43 bits per heavy atom. The monoisotopic (exact) mass is 327 g/mol. The lowest BCUT2D eigenvalue weighted by Gasteiger charge is -2.38. The van der Waals surface area contributed by atoms with Crippen LogP contribution in [0, 0.1) is 0 Å². The molecule has 2 heterocycles. The van der Waals surface area contributed by atoms with Gasteiger partial charge in [0.05, 0.1) is 5.01 Å². The Kier molecular flexibility index (Phi) is 3.60. The van der Waals surface area contributed by atoms with Crippen molar-refractivity contribution in [2.45, 2.75) is 45.1 Å². The van der Waals surface area contributed by atoms with Gasteiger partial charge in [-0.3, -0.25) is 4.79 Å². The minimum absolute atomic E-state index is 0.0138. The Balaban J connectivity index is 1.66. The number of anilines is 1. The van der Waals surface area contributed by atoms with Crippen molar-refractivity contribution in [2.75, 3.05) is 12.3 Å². The van der Waals surface area contributed by atoms with E-state index in [2.05, 4.69) is 23.2 Å². The van der Waals surface area contributed by atoms with Gasteiger partial charge in [0.2, 0.25) is 0 Å². The van der Waals surface area contributed by atoms with Crippen LogP contribution < -0.4 is 5.73 Å². The molecule has 0 saturated carbocycles. The second kappa shape index (κ2) is 5.64. The van der Waals surface area contributed by atoms with Crippen molar-refractivity contribution in [3.63, 3.8) is 0 Å². The minimum Gasteiger partial charge on any atom is -0.389 e. The topological polar surface area (TPSA) is 59.2 Å². The number of carbonyl (C=O) groups is 1. The number of aryl methyl sites for hydroxylation is 2. The fraction of sp³-hybridized carbons (Fsp3) is 0.444. The molecular weight excluding hydrogens is 306 g/mol. The van der Waals surface area contributed by atoms with Crippen LogP contribution in [0.15, 0.2) is 18.2 Å². The molecule has 1 aromatic carbocycles. The third-order valence-electron chi connectivity index (χ3n) is 4.99. The second-order valence-corrected chi connectivity index (χ2v) is 7.55. The molecule has 0 radical (unpaired) electrons. The van der Waals surface area contributed by atoms with E-state index in [9.17, 15) is 4.79 Å². The lowest BCUT2D eigenvalue weighted by molar-refractivity contribution is 0.0707. The summed E-state index contributed by atoms with van der Waals surface area (Å²) in [6.45, 7) is 3.51. The molecule has 4 nitrogen and oxygen atoms in total. The molecule has 1 atom stereocenters. The third kappa shape index (κ3) is 2.43. The zero-order valence-corrected chi connectivity index (χ0v) is 14.2. The standard InChI is InChI=1S/C18H21N3OS/c1-2-14-20-16(17(19)23-14)18(22)21-9-12-7-3-5-11-6-4-8-13(10-21)15(11)12/h3,5,7,13H,2,4,6,8-10,19H2,1H3. The van der Waals surface area contributed by atoms with E-state index in [1.165, 1.54) is 47.3 Å². The molecule has 1 aliphatic heterocycles. The van der Waals surface area contributed by atoms with Gasteiger partial charge < -0.3 is 10.6 Å². The lowest BCUT2D eigenvalue weighted by atomic mass is 9.77. The van der Waals surface area contributed by atoms with Gasteiger partial charge in [-0.1, -0.05) is 25.1 Å². The average Bonchev–Trinajstić information content (AvgIpc) is 2.95. The molecule has 1 aromatic heterocycles. The molecule has 5 heteroatoms. The highest BCUT2D eigenvalue weighted by atomic mass is 32.1. The summed E-state index contributed by atoms with van der Waals surface area (Å²) in [6, 6.07) is 6.53. The van der Waals surface area contributed by atoms with Crippen molar-refractivity contribution in [3.8, 4) is 0 Å². The van der Waals surface area contributed by atoms with Crippen LogP contribution in [0.2, 0.25) is 0 Å². The number of carbonyl (C=O) groups excluding carboxylic acids is 1. The van der Waals surface area contributed by atoms with E-state index in [-0.39, 0.29) is 5.91 Å². The van der Waals surface area contributed by atoms with Gasteiger partial charge >= 0.3 is 0 Å². The summed E-state index contributed by atoms with van der Waals surface area (Å²) < 4.78 is 0. The first-order valence-electron chi connectivity index (χ1n) is 8.32. The van der Waals surface area contributed by atoms with E-state index >= 15 is 0 Å². The van der Waals surface area contributed by atoms with Gasteiger partial charge in [0, 0.05) is 19.0 Å². The molecule has 1 aliphatic carbocycles. The van der Waals surface area contributed by atoms with Crippen LogP contribution in [-0.4, -0.2) is 22.3 Å². The smallest absolute Gasteiger partial charge is 0.275 e. The van der Waals surface area contributed by atoms with Crippen molar-refractivity contribution in [1.82, 2.24) is 9.88 Å². The predicted octanol–water partition coefficient (Wildman–Crippen LogP) is 3.36. The Hall–Kier alpha value is -1.88. The summed E-state index contributed by atoms with van der Waals surface area (Å²) in [7, 11) is 0. The Bertz CT molecular complexity index is 768. The van der Waals surface area contributed by atoms with E-state index in [4.69, 9.17) is 5.73 Å². The zero-order valence-electron chi connectivity index (χ0n) is 13.3. The van der Waals surface area contributed by atoms with E-state index in [0.717, 1.165) is 18.0 Å². The SMILES string of the molecule is CCc1nc(C(=O)N2Cc3cccc4c3C(CCC4)C2)c(N)s1. The fourth-order valence-corrected chi connectivity index (χ4v) is 4.70. The number of nitrogens with zero attached hydrogens (tertiary/aromatic N) is 2. The van der Waals surface area contributed by atoms with Gasteiger partial charge in [0.25, 0.3) is 5.91 Å². The molecule has 2 aromatic rings. The molecule has 23 heavy (non-hydrogen) atoms. The first kappa shape index (κ1) is 14.7. The van der Waals surface area contributed by atoms with Gasteiger partial charge in [-0.25, -0.2) is 4.98 Å². The maximum Gasteiger partial charge on any atom is 0.275 e. The molecule has 0 fully saturated rings. The summed E-state index contributed by atoms with van der Waals surface area (Å²) >= 11 is 1.43. The van der Waals surface area contributed by atoms with Gasteiger partial charge in [-0.15, -0.1) is 11.3 Å². The fourth-order valence-electron chi connectivity index (χ4n) is 3.94. The van der Waals surface area contributed by atoms with E-state index < -0.39 is 0 Å². The van der Waals surface area contributed by atoms with Gasteiger partial charge in [-0.05, 0) is 42.4 Å². The largest absolute Gasteiger partial charge is 0.389 e. The number of amides is 1. The van der Waals surface area contributed by atoms with Crippen molar-refractivity contribution >= 4 is 22.2 Å². The number of nitrogens with two attached hydrogens (primary N) is 1. The van der Waals surface area contributed by atoms with E-state index in [0.29, 0.717) is 23.2 Å². The molecule has 2 N–H and O–H groups in total. The van der Waals surface area contributed by atoms with Crippen LogP contribution in [-0.2, 0) is 19.4 Å². The molecule has 1 amide bonds. The highest BCUT2D eigenvalue weighted by Crippen LogP contribution is 2.39.